The molecule has 4 aliphatic rings. The lowest BCUT2D eigenvalue weighted by Crippen LogP contribution is -2.51. The number of ether oxygens (including phenoxy) is 6. The number of halogens is 2. The Morgan fingerprint density at radius 1 is 0.548 bits per heavy atom. The summed E-state index contributed by atoms with van der Waals surface area (Å²) >= 11 is 0. The second-order valence-electron chi connectivity index (χ2n) is 13.9. The molecule has 2 aromatic heterocycles. The highest BCUT2D eigenvalue weighted by atomic mass is 35.5. The second kappa shape index (κ2) is 24.4. The zero-order valence-electron chi connectivity index (χ0n) is 35.2. The minimum atomic E-state index is -0.276. The Morgan fingerprint density at radius 3 is 1.16 bits per heavy atom. The normalized spacial score (nSPS) is 17.9. The molecule has 0 radical (unpaired) electrons. The van der Waals surface area contributed by atoms with E-state index in [0.29, 0.717) is 134 Å². The summed E-state index contributed by atoms with van der Waals surface area (Å²) in [6.07, 6.45) is 2.98. The maximum Gasteiger partial charge on any atom is 0.251 e. The number of nitrogens with two attached hydrogens (primary N) is 2. The number of nitrogen functional groups attached to an aromatic ring is 2. The van der Waals surface area contributed by atoms with E-state index in [9.17, 15) is 9.59 Å². The van der Waals surface area contributed by atoms with Gasteiger partial charge in [-0.3, -0.25) is 9.59 Å². The molecular weight excluding hydrogens is 859 g/mol. The second-order valence-corrected chi connectivity index (χ2v) is 13.9. The average molecular weight is 920 g/mol. The van der Waals surface area contributed by atoms with Gasteiger partial charge in [0.15, 0.2) is 23.0 Å². The van der Waals surface area contributed by atoms with Gasteiger partial charge in [-0.2, -0.15) is 9.97 Å². The van der Waals surface area contributed by atoms with Gasteiger partial charge in [-0.25, -0.2) is 9.97 Å². The molecule has 12 N–H and O–H groups in total. The molecule has 4 saturated heterocycles. The molecule has 0 saturated carbocycles. The van der Waals surface area contributed by atoms with E-state index in [2.05, 4.69) is 19.9 Å². The van der Waals surface area contributed by atoms with Crippen molar-refractivity contribution in [2.45, 2.75) is 37.9 Å². The molecular formula is C38H60Cl2N10O12. The van der Waals surface area contributed by atoms with Gasteiger partial charge >= 0.3 is 0 Å². The van der Waals surface area contributed by atoms with Crippen LogP contribution in [-0.4, -0.2) is 170 Å². The Balaban J connectivity index is 0.000000565. The molecule has 8 rings (SSSR count). The van der Waals surface area contributed by atoms with Gasteiger partial charge < -0.3 is 81.4 Å². The molecule has 348 valence electrons. The Morgan fingerprint density at radius 2 is 0.871 bits per heavy atom. The molecule has 2 amide bonds. The lowest BCUT2D eigenvalue weighted by atomic mass is 10.2. The topological polar surface area (TPSA) is 332 Å². The van der Waals surface area contributed by atoms with Crippen molar-refractivity contribution in [1.82, 2.24) is 29.7 Å². The predicted molar refractivity (Wildman–Crippen MR) is 239 cm³/mol. The van der Waals surface area contributed by atoms with E-state index in [1.54, 1.807) is 52.7 Å². The average Bonchev–Trinajstić information content (AvgIpc) is 3.99. The first-order valence-electron chi connectivity index (χ1n) is 18.9. The Bertz CT molecular complexity index is 1920. The van der Waals surface area contributed by atoms with Crippen molar-refractivity contribution in [2.75, 3.05) is 115 Å². The lowest BCUT2D eigenvalue weighted by molar-refractivity contribution is -0.141. The van der Waals surface area contributed by atoms with Crippen molar-refractivity contribution in [3.05, 3.63) is 24.3 Å². The third-order valence-electron chi connectivity index (χ3n) is 10.6. The van der Waals surface area contributed by atoms with Crippen LogP contribution in [0.2, 0.25) is 0 Å². The van der Waals surface area contributed by atoms with Crippen molar-refractivity contribution >= 4 is 82.0 Å². The van der Waals surface area contributed by atoms with Gasteiger partial charge in [0.25, 0.3) is 11.8 Å². The number of hydrogen-bond acceptors (Lipinski definition) is 16. The van der Waals surface area contributed by atoms with E-state index in [4.69, 9.17) is 39.9 Å². The number of carbonyl (C=O) groups excluding carboxylic acids is 2. The summed E-state index contributed by atoms with van der Waals surface area (Å²) in [5.41, 5.74) is 13.7. The fraction of sp³-hybridized carbons (Fsp3) is 0.526. The van der Waals surface area contributed by atoms with Crippen LogP contribution in [0.25, 0.3) is 21.8 Å². The Labute approximate surface area is 371 Å². The van der Waals surface area contributed by atoms with Crippen LogP contribution in [0.4, 0.5) is 23.5 Å². The summed E-state index contributed by atoms with van der Waals surface area (Å²) in [6, 6.07) is 7.16. The third kappa shape index (κ3) is 11.6. The van der Waals surface area contributed by atoms with Crippen molar-refractivity contribution in [3.63, 3.8) is 0 Å². The van der Waals surface area contributed by atoms with E-state index in [-0.39, 0.29) is 70.7 Å². The van der Waals surface area contributed by atoms with Crippen LogP contribution in [0, 0.1) is 0 Å². The van der Waals surface area contributed by atoms with Crippen LogP contribution in [0.15, 0.2) is 24.3 Å². The van der Waals surface area contributed by atoms with Gasteiger partial charge in [-0.15, -0.1) is 24.8 Å². The Kier molecular flexibility index (Phi) is 21.6. The molecule has 24 heteroatoms. The highest BCUT2D eigenvalue weighted by Crippen LogP contribution is 2.35. The Hall–Kier alpha value is -5.20. The standard InChI is InChI=1S/2C19H25N5O4.2ClH.4H2O/c2*1-26-15-10-12-13(11-16(15)27-2)21-19(22-17(12)20)24-7-5-23(6-8-24)18(25)14-4-3-9-28-14;;;;;;/h2*10-11,14H,3-9H2,1-2H3,(H2,20,21,22);2*1H;4*1H2. The highest BCUT2D eigenvalue weighted by Gasteiger charge is 2.32. The summed E-state index contributed by atoms with van der Waals surface area (Å²) in [7, 11) is 6.32. The lowest BCUT2D eigenvalue weighted by Gasteiger charge is -2.35. The van der Waals surface area contributed by atoms with Crippen LogP contribution in [0.5, 0.6) is 23.0 Å². The molecule has 4 fully saturated rings. The van der Waals surface area contributed by atoms with Gasteiger partial charge in [-0.1, -0.05) is 0 Å². The molecule has 6 heterocycles. The summed E-state index contributed by atoms with van der Waals surface area (Å²) in [4.78, 5) is 51.1. The molecule has 4 aliphatic heterocycles. The van der Waals surface area contributed by atoms with Gasteiger partial charge in [0.2, 0.25) is 11.9 Å². The highest BCUT2D eigenvalue weighted by molar-refractivity contribution is 5.93. The van der Waals surface area contributed by atoms with E-state index in [1.807, 2.05) is 19.6 Å². The predicted octanol–water partition coefficient (Wildman–Crippen LogP) is -0.342. The molecule has 2 atom stereocenters. The van der Waals surface area contributed by atoms with E-state index in [0.717, 1.165) is 25.7 Å². The summed E-state index contributed by atoms with van der Waals surface area (Å²) < 4.78 is 32.4. The first-order chi connectivity index (χ1) is 27.2. The number of amides is 2. The monoisotopic (exact) mass is 918 g/mol. The van der Waals surface area contributed by atoms with Gasteiger partial charge in [0, 0.05) is 88.5 Å². The number of hydrogen-bond donors (Lipinski definition) is 2. The maximum atomic E-state index is 12.5. The molecule has 22 nitrogen and oxygen atoms in total. The fourth-order valence-corrected chi connectivity index (χ4v) is 7.42. The summed E-state index contributed by atoms with van der Waals surface area (Å²) in [5.74, 6) is 4.41. The van der Waals surface area contributed by atoms with Crippen molar-refractivity contribution in [3.8, 4) is 23.0 Å². The van der Waals surface area contributed by atoms with Crippen LogP contribution in [-0.2, 0) is 19.1 Å². The first kappa shape index (κ1) is 54.8. The first-order valence-corrected chi connectivity index (χ1v) is 18.9. The number of carbonyl (C=O) groups is 2. The van der Waals surface area contributed by atoms with Crippen molar-refractivity contribution in [1.29, 1.82) is 0 Å². The quantitative estimate of drug-likeness (QED) is 0.228. The molecule has 2 unspecified atom stereocenters. The van der Waals surface area contributed by atoms with Gasteiger partial charge in [-0.05, 0) is 37.8 Å². The SMILES string of the molecule is COc1cc2nc(N3CCN(C(=O)C4CCCO4)CC3)nc(N)c2cc1OC.COc1cc2nc(N3CCN(C(=O)C4CCCO4)CC3)nc(N)c2cc1OC.Cl.Cl.O.O.O.O. The third-order valence-corrected chi connectivity index (χ3v) is 10.6. The number of anilines is 4. The number of nitrogens with zero attached hydrogens (tertiary/aromatic N) is 8. The number of benzene rings is 2. The molecule has 4 aromatic rings. The molecule has 2 aromatic carbocycles. The van der Waals surface area contributed by atoms with Crippen LogP contribution in [0.1, 0.15) is 25.7 Å². The number of aromatic nitrogens is 4. The van der Waals surface area contributed by atoms with Crippen molar-refractivity contribution in [2.24, 2.45) is 0 Å². The number of rotatable bonds is 8. The smallest absolute Gasteiger partial charge is 0.251 e. The molecule has 0 spiro atoms. The van der Waals surface area contributed by atoms with E-state index >= 15 is 0 Å². The largest absolute Gasteiger partial charge is 0.493 e. The zero-order chi connectivity index (χ0) is 39.3. The van der Waals surface area contributed by atoms with Crippen molar-refractivity contribution < 1.29 is 59.9 Å². The van der Waals surface area contributed by atoms with Gasteiger partial charge in [0.1, 0.15) is 23.8 Å². The number of fused-ring (bicyclic) bond motifs is 2. The van der Waals surface area contributed by atoms with E-state index < -0.39 is 0 Å². The maximum absolute atomic E-state index is 12.5. The van der Waals surface area contributed by atoms with Crippen LogP contribution in [0.3, 0.4) is 0 Å². The summed E-state index contributed by atoms with van der Waals surface area (Å²) in [5, 5.41) is 1.43. The minimum absolute atomic E-state index is 0. The van der Waals surface area contributed by atoms with E-state index in [1.165, 1.54) is 0 Å². The zero-order valence-corrected chi connectivity index (χ0v) is 36.8. The number of piperazine rings is 2. The fourth-order valence-electron chi connectivity index (χ4n) is 7.42. The molecule has 0 aliphatic carbocycles. The van der Waals surface area contributed by atoms with Crippen LogP contribution >= 0.6 is 24.8 Å². The van der Waals surface area contributed by atoms with Crippen LogP contribution < -0.4 is 40.2 Å². The molecule has 0 bridgehead atoms. The van der Waals surface area contributed by atoms with Gasteiger partial charge in [0.05, 0.1) is 39.5 Å². The number of methoxy groups -OCH3 is 4. The molecule has 62 heavy (non-hydrogen) atoms. The minimum Gasteiger partial charge on any atom is -0.493 e. The summed E-state index contributed by atoms with van der Waals surface area (Å²) in [6.45, 7) is 6.42.